The Morgan fingerprint density at radius 2 is 1.59 bits per heavy atom. The molecule has 0 spiro atoms. The first-order valence-corrected chi connectivity index (χ1v) is 9.90. The Bertz CT molecular complexity index is 1160. The fourth-order valence-corrected chi connectivity index (χ4v) is 4.15. The molecule has 0 radical (unpaired) electrons. The molecule has 2 heterocycles. The van der Waals surface area contributed by atoms with Crippen molar-refractivity contribution in [3.8, 4) is 28.4 Å². The Labute approximate surface area is 173 Å². The first-order valence-electron chi connectivity index (χ1n) is 9.02. The molecule has 0 amide bonds. The lowest BCUT2D eigenvalue weighted by Crippen LogP contribution is -2.00. The average molecular weight is 407 g/mol. The molecule has 0 aliphatic heterocycles. The van der Waals surface area contributed by atoms with Gasteiger partial charge in [0.15, 0.2) is 0 Å². The van der Waals surface area contributed by atoms with E-state index in [0.717, 1.165) is 44.3 Å². The summed E-state index contributed by atoms with van der Waals surface area (Å²) < 4.78 is 16.2. The molecule has 7 heteroatoms. The lowest BCUT2D eigenvalue weighted by Gasteiger charge is -2.14. The van der Waals surface area contributed by atoms with Gasteiger partial charge in [-0.1, -0.05) is 12.1 Å². The summed E-state index contributed by atoms with van der Waals surface area (Å²) in [5.74, 6) is 3.68. The summed E-state index contributed by atoms with van der Waals surface area (Å²) in [7, 11) is 4.94. The lowest BCUT2D eigenvalue weighted by molar-refractivity contribution is 0.405. The van der Waals surface area contributed by atoms with Crippen molar-refractivity contribution < 1.29 is 14.2 Å². The van der Waals surface area contributed by atoms with E-state index in [0.29, 0.717) is 11.6 Å². The Morgan fingerprint density at radius 1 is 0.862 bits per heavy atom. The van der Waals surface area contributed by atoms with Gasteiger partial charge in [-0.25, -0.2) is 9.97 Å². The molecule has 2 aromatic heterocycles. The molecular weight excluding hydrogens is 386 g/mol. The number of nitrogens with zero attached hydrogens (tertiary/aromatic N) is 2. The number of methoxy groups -OCH3 is 3. The number of rotatable bonds is 6. The summed E-state index contributed by atoms with van der Waals surface area (Å²) in [4.78, 5) is 10.2. The maximum absolute atomic E-state index is 5.51. The first-order chi connectivity index (χ1) is 14.1. The van der Waals surface area contributed by atoms with Crippen LogP contribution in [0.25, 0.3) is 21.3 Å². The van der Waals surface area contributed by atoms with Crippen LogP contribution >= 0.6 is 11.3 Å². The van der Waals surface area contributed by atoms with Crippen molar-refractivity contribution in [2.75, 3.05) is 26.6 Å². The highest BCUT2D eigenvalue weighted by Gasteiger charge is 2.16. The highest BCUT2D eigenvalue weighted by Crippen LogP contribution is 2.40. The molecule has 0 aliphatic rings. The van der Waals surface area contributed by atoms with Crippen LogP contribution in [0.1, 0.15) is 5.82 Å². The van der Waals surface area contributed by atoms with Crippen LogP contribution in [0.2, 0.25) is 0 Å². The number of nitrogens with one attached hydrogen (secondary N) is 1. The second kappa shape index (κ2) is 7.97. The van der Waals surface area contributed by atoms with Crippen molar-refractivity contribution in [2.24, 2.45) is 0 Å². The van der Waals surface area contributed by atoms with Gasteiger partial charge in [0.2, 0.25) is 0 Å². The van der Waals surface area contributed by atoms with Crippen molar-refractivity contribution in [1.29, 1.82) is 0 Å². The lowest BCUT2D eigenvalue weighted by atomic mass is 10.1. The SMILES string of the molecule is COc1ccc(-c2csc3nc(C)nc(Nc4cc(OC)ccc4OC)c23)cc1. The largest absolute Gasteiger partial charge is 0.497 e. The number of aryl methyl sites for hydroxylation is 1. The van der Waals surface area contributed by atoms with E-state index in [9.17, 15) is 0 Å². The fraction of sp³-hybridized carbons (Fsp3) is 0.182. The van der Waals surface area contributed by atoms with E-state index in [1.54, 1.807) is 32.7 Å². The Morgan fingerprint density at radius 3 is 2.28 bits per heavy atom. The van der Waals surface area contributed by atoms with Crippen LogP contribution in [0.4, 0.5) is 11.5 Å². The first kappa shape index (κ1) is 19.0. The van der Waals surface area contributed by atoms with Gasteiger partial charge in [0.25, 0.3) is 0 Å². The molecule has 4 rings (SSSR count). The summed E-state index contributed by atoms with van der Waals surface area (Å²) in [5, 5.41) is 6.50. The van der Waals surface area contributed by atoms with Gasteiger partial charge in [0.05, 0.1) is 32.4 Å². The highest BCUT2D eigenvalue weighted by molar-refractivity contribution is 7.17. The van der Waals surface area contributed by atoms with Crippen LogP contribution in [0.5, 0.6) is 17.2 Å². The Kier molecular flexibility index (Phi) is 5.22. The normalized spacial score (nSPS) is 10.8. The molecule has 6 nitrogen and oxygen atoms in total. The minimum atomic E-state index is 0.699. The molecule has 0 bridgehead atoms. The van der Waals surface area contributed by atoms with Crippen molar-refractivity contribution in [3.05, 3.63) is 53.7 Å². The van der Waals surface area contributed by atoms with E-state index >= 15 is 0 Å². The quantitative estimate of drug-likeness (QED) is 0.459. The van der Waals surface area contributed by atoms with Crippen molar-refractivity contribution >= 4 is 33.1 Å². The molecule has 1 N–H and O–H groups in total. The molecule has 2 aromatic carbocycles. The smallest absolute Gasteiger partial charge is 0.143 e. The van der Waals surface area contributed by atoms with E-state index in [4.69, 9.17) is 14.2 Å². The summed E-state index contributed by atoms with van der Waals surface area (Å²) in [6, 6.07) is 13.6. The molecule has 4 aromatic rings. The van der Waals surface area contributed by atoms with E-state index in [1.165, 1.54) is 0 Å². The molecular formula is C22H21N3O3S. The zero-order valence-corrected chi connectivity index (χ0v) is 17.5. The predicted octanol–water partition coefficient (Wildman–Crippen LogP) is 5.44. The standard InChI is InChI=1S/C22H21N3O3S/c1-13-23-21(25-18-11-16(27-3)9-10-19(18)28-4)20-17(12-29-22(20)24-13)14-5-7-15(26-2)8-6-14/h5-12H,1-4H3,(H,23,24,25). The molecule has 0 atom stereocenters. The van der Waals surface area contributed by atoms with Crippen molar-refractivity contribution in [3.63, 3.8) is 0 Å². The van der Waals surface area contributed by atoms with Gasteiger partial charge in [-0.2, -0.15) is 0 Å². The zero-order valence-electron chi connectivity index (χ0n) is 16.6. The van der Waals surface area contributed by atoms with E-state index < -0.39 is 0 Å². The predicted molar refractivity (Wildman–Crippen MR) is 117 cm³/mol. The molecule has 0 saturated heterocycles. The maximum atomic E-state index is 5.51. The zero-order chi connectivity index (χ0) is 20.4. The van der Waals surface area contributed by atoms with Crippen LogP contribution in [-0.2, 0) is 0 Å². The van der Waals surface area contributed by atoms with Crippen LogP contribution in [0.15, 0.2) is 47.8 Å². The van der Waals surface area contributed by atoms with Crippen LogP contribution in [0.3, 0.4) is 0 Å². The molecule has 0 saturated carbocycles. The van der Waals surface area contributed by atoms with Gasteiger partial charge in [-0.3, -0.25) is 0 Å². The third kappa shape index (κ3) is 3.69. The van der Waals surface area contributed by atoms with Gasteiger partial charge in [0, 0.05) is 17.0 Å². The highest BCUT2D eigenvalue weighted by atomic mass is 32.1. The maximum Gasteiger partial charge on any atom is 0.143 e. The third-order valence-corrected chi connectivity index (χ3v) is 5.48. The molecule has 29 heavy (non-hydrogen) atoms. The second-order valence-corrected chi connectivity index (χ2v) is 7.23. The number of anilines is 2. The minimum Gasteiger partial charge on any atom is -0.497 e. The number of ether oxygens (including phenoxy) is 3. The van der Waals surface area contributed by atoms with Gasteiger partial charge in [-0.05, 0) is 36.8 Å². The van der Waals surface area contributed by atoms with Crippen molar-refractivity contribution in [1.82, 2.24) is 9.97 Å². The number of aromatic nitrogens is 2. The summed E-state index contributed by atoms with van der Waals surface area (Å²) in [6.45, 7) is 1.89. The molecule has 0 aliphatic carbocycles. The molecule has 0 unspecified atom stereocenters. The monoisotopic (exact) mass is 407 g/mol. The Hall–Kier alpha value is -3.32. The topological polar surface area (TPSA) is 65.5 Å². The van der Waals surface area contributed by atoms with Crippen LogP contribution < -0.4 is 19.5 Å². The van der Waals surface area contributed by atoms with E-state index in [1.807, 2.05) is 49.4 Å². The number of hydrogen-bond acceptors (Lipinski definition) is 7. The van der Waals surface area contributed by atoms with E-state index in [-0.39, 0.29) is 0 Å². The summed E-state index contributed by atoms with van der Waals surface area (Å²) >= 11 is 1.60. The average Bonchev–Trinajstić information content (AvgIpc) is 3.17. The van der Waals surface area contributed by atoms with Gasteiger partial charge >= 0.3 is 0 Å². The third-order valence-electron chi connectivity index (χ3n) is 4.61. The van der Waals surface area contributed by atoms with Crippen LogP contribution in [-0.4, -0.2) is 31.3 Å². The fourth-order valence-electron chi connectivity index (χ4n) is 3.16. The minimum absolute atomic E-state index is 0.699. The van der Waals surface area contributed by atoms with Crippen molar-refractivity contribution in [2.45, 2.75) is 6.92 Å². The number of thiophene rings is 1. The van der Waals surface area contributed by atoms with Gasteiger partial charge in [-0.15, -0.1) is 11.3 Å². The number of hydrogen-bond donors (Lipinski definition) is 1. The number of fused-ring (bicyclic) bond motifs is 1. The van der Waals surface area contributed by atoms with Gasteiger partial charge < -0.3 is 19.5 Å². The van der Waals surface area contributed by atoms with E-state index in [2.05, 4.69) is 20.7 Å². The summed E-state index contributed by atoms with van der Waals surface area (Å²) in [6.07, 6.45) is 0. The summed E-state index contributed by atoms with van der Waals surface area (Å²) in [5.41, 5.74) is 2.92. The molecule has 148 valence electrons. The van der Waals surface area contributed by atoms with Gasteiger partial charge in [0.1, 0.15) is 33.7 Å². The second-order valence-electron chi connectivity index (χ2n) is 6.37. The van der Waals surface area contributed by atoms with Crippen LogP contribution in [0, 0.1) is 6.92 Å². The number of benzene rings is 2. The molecule has 0 fully saturated rings. The Balaban J connectivity index is 1.85.